The van der Waals surface area contributed by atoms with Gasteiger partial charge in [0.15, 0.2) is 0 Å². The van der Waals surface area contributed by atoms with Crippen molar-refractivity contribution in [2.45, 2.75) is 13.3 Å². The highest BCUT2D eigenvalue weighted by molar-refractivity contribution is 5.93. The van der Waals surface area contributed by atoms with E-state index in [1.165, 1.54) is 11.3 Å². The molecule has 0 unspecified atom stereocenters. The molecule has 1 amide bonds. The molecule has 5 nitrogen and oxygen atoms in total. The molecule has 1 fully saturated rings. The van der Waals surface area contributed by atoms with E-state index in [0.29, 0.717) is 17.8 Å². The van der Waals surface area contributed by atoms with Crippen LogP contribution in [0.1, 0.15) is 12.0 Å². The zero-order chi connectivity index (χ0) is 17.6. The van der Waals surface area contributed by atoms with Crippen LogP contribution >= 0.6 is 24.8 Å². The van der Waals surface area contributed by atoms with Gasteiger partial charge in [-0.1, -0.05) is 24.3 Å². The Hall–Kier alpha value is -1.95. The molecule has 3 rings (SSSR count). The molecule has 7 heteroatoms. The topological polar surface area (TPSA) is 61.6 Å². The molecular formula is C20H28Cl2N4O. The first-order valence-electron chi connectivity index (χ1n) is 8.80. The molecular weight excluding hydrogens is 383 g/mol. The van der Waals surface area contributed by atoms with E-state index in [1.807, 2.05) is 18.2 Å². The normalized spacial score (nSPS) is 14.0. The van der Waals surface area contributed by atoms with Crippen molar-refractivity contribution in [3.05, 3.63) is 54.1 Å². The number of amides is 1. The van der Waals surface area contributed by atoms with E-state index in [1.54, 1.807) is 6.07 Å². The van der Waals surface area contributed by atoms with Crippen molar-refractivity contribution >= 4 is 47.8 Å². The maximum atomic E-state index is 12.1. The molecule has 0 radical (unpaired) electrons. The Balaban J connectivity index is 0.00000182. The molecule has 0 saturated carbocycles. The number of piperazine rings is 1. The number of hydrogen-bond donors (Lipinski definition) is 2. The van der Waals surface area contributed by atoms with Crippen LogP contribution in [0, 0.1) is 6.92 Å². The highest BCUT2D eigenvalue weighted by Crippen LogP contribution is 2.19. The van der Waals surface area contributed by atoms with Gasteiger partial charge in [-0.3, -0.25) is 9.69 Å². The third-order valence-corrected chi connectivity index (χ3v) is 4.63. The van der Waals surface area contributed by atoms with Crippen molar-refractivity contribution in [2.75, 3.05) is 48.7 Å². The Bertz CT molecular complexity index is 733. The summed E-state index contributed by atoms with van der Waals surface area (Å²) in [6, 6.07) is 16.0. The molecule has 1 aliphatic rings. The summed E-state index contributed by atoms with van der Waals surface area (Å²) >= 11 is 0. The number of rotatable bonds is 5. The summed E-state index contributed by atoms with van der Waals surface area (Å²) < 4.78 is 0. The van der Waals surface area contributed by atoms with Gasteiger partial charge in [-0.25, -0.2) is 0 Å². The fourth-order valence-electron chi connectivity index (χ4n) is 3.14. The average molecular weight is 411 g/mol. The summed E-state index contributed by atoms with van der Waals surface area (Å²) in [5.41, 5.74) is 9.73. The van der Waals surface area contributed by atoms with Crippen LogP contribution in [0.15, 0.2) is 48.5 Å². The van der Waals surface area contributed by atoms with Crippen LogP contribution in [0.5, 0.6) is 0 Å². The molecule has 0 atom stereocenters. The molecule has 0 aliphatic carbocycles. The number of anilines is 3. The Labute approximate surface area is 173 Å². The molecule has 3 N–H and O–H groups in total. The number of aryl methyl sites for hydroxylation is 1. The van der Waals surface area contributed by atoms with Gasteiger partial charge in [0.05, 0.1) is 11.4 Å². The van der Waals surface area contributed by atoms with Gasteiger partial charge in [0.1, 0.15) is 0 Å². The largest absolute Gasteiger partial charge is 0.397 e. The maximum Gasteiger partial charge on any atom is 0.225 e. The highest BCUT2D eigenvalue weighted by atomic mass is 35.5. The summed E-state index contributed by atoms with van der Waals surface area (Å²) in [6.07, 6.45) is 0.485. The summed E-state index contributed by atoms with van der Waals surface area (Å²) in [4.78, 5) is 16.9. The quantitative estimate of drug-likeness (QED) is 0.739. The summed E-state index contributed by atoms with van der Waals surface area (Å²) in [5, 5.41) is 2.89. The number of nitrogens with one attached hydrogen (secondary N) is 1. The minimum Gasteiger partial charge on any atom is -0.397 e. The van der Waals surface area contributed by atoms with Crippen LogP contribution in [-0.4, -0.2) is 43.5 Å². The van der Waals surface area contributed by atoms with Crippen molar-refractivity contribution < 1.29 is 4.79 Å². The van der Waals surface area contributed by atoms with Gasteiger partial charge in [0.2, 0.25) is 5.91 Å². The second-order valence-corrected chi connectivity index (χ2v) is 6.55. The number of carbonyl (C=O) groups is 1. The second-order valence-electron chi connectivity index (χ2n) is 6.55. The zero-order valence-corrected chi connectivity index (χ0v) is 17.2. The van der Waals surface area contributed by atoms with Crippen LogP contribution in [0.25, 0.3) is 0 Å². The van der Waals surface area contributed by atoms with Gasteiger partial charge in [-0.2, -0.15) is 0 Å². The fraction of sp³-hybridized carbons (Fsp3) is 0.350. The molecule has 2 aromatic carbocycles. The first kappa shape index (κ1) is 23.1. The Morgan fingerprint density at radius 2 is 1.74 bits per heavy atom. The van der Waals surface area contributed by atoms with E-state index >= 15 is 0 Å². The van der Waals surface area contributed by atoms with E-state index in [2.05, 4.69) is 46.3 Å². The number of nitrogens with zero attached hydrogens (tertiary/aromatic N) is 2. The molecule has 27 heavy (non-hydrogen) atoms. The van der Waals surface area contributed by atoms with Crippen molar-refractivity contribution in [1.82, 2.24) is 4.90 Å². The van der Waals surface area contributed by atoms with E-state index in [9.17, 15) is 4.79 Å². The monoisotopic (exact) mass is 410 g/mol. The third kappa shape index (κ3) is 6.61. The molecule has 1 heterocycles. The Morgan fingerprint density at radius 1 is 1.04 bits per heavy atom. The van der Waals surface area contributed by atoms with Gasteiger partial charge in [-0.05, 0) is 36.8 Å². The van der Waals surface area contributed by atoms with Crippen LogP contribution < -0.4 is 16.0 Å². The van der Waals surface area contributed by atoms with Gasteiger partial charge in [0, 0.05) is 44.8 Å². The van der Waals surface area contributed by atoms with Crippen LogP contribution in [0.4, 0.5) is 17.1 Å². The smallest absolute Gasteiger partial charge is 0.225 e. The lowest BCUT2D eigenvalue weighted by molar-refractivity contribution is -0.116. The number of benzene rings is 2. The molecule has 148 valence electrons. The first-order valence-corrected chi connectivity index (χ1v) is 8.80. The zero-order valence-electron chi connectivity index (χ0n) is 15.6. The summed E-state index contributed by atoms with van der Waals surface area (Å²) in [5.74, 6) is 0.0130. The maximum absolute atomic E-state index is 12.1. The number of carbonyl (C=O) groups excluding carboxylic acids is 1. The molecule has 0 bridgehead atoms. The number of halogens is 2. The minimum atomic E-state index is 0. The number of nitrogens with two attached hydrogens (primary N) is 1. The SMILES string of the molecule is Cc1cccc(N2CCN(CCC(=O)Nc3ccccc3N)CC2)c1.Cl.Cl. The lowest BCUT2D eigenvalue weighted by atomic mass is 10.2. The third-order valence-electron chi connectivity index (χ3n) is 4.63. The van der Waals surface area contributed by atoms with Gasteiger partial charge in [-0.15, -0.1) is 24.8 Å². The highest BCUT2D eigenvalue weighted by Gasteiger charge is 2.18. The predicted octanol–water partition coefficient (Wildman–Crippen LogP) is 3.57. The summed E-state index contributed by atoms with van der Waals surface area (Å²) in [7, 11) is 0. The van der Waals surface area contributed by atoms with Crippen LogP contribution in [0.3, 0.4) is 0 Å². The number of para-hydroxylation sites is 2. The standard InChI is InChI=1S/C20H26N4O.2ClH/c1-16-5-4-6-17(15-16)24-13-11-23(12-14-24)10-9-20(25)22-19-8-3-2-7-18(19)21;;/h2-8,15H,9-14,21H2,1H3,(H,22,25);2*1H. The number of hydrogen-bond acceptors (Lipinski definition) is 4. The predicted molar refractivity (Wildman–Crippen MR) is 118 cm³/mol. The van der Waals surface area contributed by atoms with Gasteiger partial charge in [0.25, 0.3) is 0 Å². The minimum absolute atomic E-state index is 0. The van der Waals surface area contributed by atoms with E-state index in [-0.39, 0.29) is 30.7 Å². The van der Waals surface area contributed by atoms with Crippen molar-refractivity contribution in [2.24, 2.45) is 0 Å². The second kappa shape index (κ2) is 11.0. The van der Waals surface area contributed by atoms with Crippen molar-refractivity contribution in [3.8, 4) is 0 Å². The number of nitrogen functional groups attached to an aromatic ring is 1. The Morgan fingerprint density at radius 3 is 2.41 bits per heavy atom. The van der Waals surface area contributed by atoms with Crippen LogP contribution in [0.2, 0.25) is 0 Å². The molecule has 0 spiro atoms. The van der Waals surface area contributed by atoms with E-state index in [0.717, 1.165) is 32.7 Å². The van der Waals surface area contributed by atoms with Crippen molar-refractivity contribution in [3.63, 3.8) is 0 Å². The lowest BCUT2D eigenvalue weighted by Gasteiger charge is -2.36. The van der Waals surface area contributed by atoms with Crippen molar-refractivity contribution in [1.29, 1.82) is 0 Å². The lowest BCUT2D eigenvalue weighted by Crippen LogP contribution is -2.47. The fourth-order valence-corrected chi connectivity index (χ4v) is 3.14. The average Bonchev–Trinajstić information content (AvgIpc) is 2.62. The van der Waals surface area contributed by atoms with Gasteiger partial charge >= 0.3 is 0 Å². The Kier molecular flexibility index (Phi) is 9.43. The molecule has 0 aromatic heterocycles. The summed E-state index contributed by atoms with van der Waals surface area (Å²) in [6.45, 7) is 6.86. The first-order chi connectivity index (χ1) is 12.1. The van der Waals surface area contributed by atoms with E-state index < -0.39 is 0 Å². The van der Waals surface area contributed by atoms with Gasteiger partial charge < -0.3 is 16.0 Å². The molecule has 2 aromatic rings. The van der Waals surface area contributed by atoms with Crippen LogP contribution in [-0.2, 0) is 4.79 Å². The molecule has 1 aliphatic heterocycles. The molecule has 1 saturated heterocycles. The van der Waals surface area contributed by atoms with E-state index in [4.69, 9.17) is 5.73 Å².